The second kappa shape index (κ2) is 6.07. The Morgan fingerprint density at radius 3 is 2.59 bits per heavy atom. The molecule has 1 amide bonds. The fourth-order valence-corrected chi connectivity index (χ4v) is 3.05. The number of piperazine rings is 1. The van der Waals surface area contributed by atoms with Gasteiger partial charge in [-0.3, -0.25) is 9.52 Å². The van der Waals surface area contributed by atoms with Gasteiger partial charge in [0, 0.05) is 38.1 Å². The van der Waals surface area contributed by atoms with E-state index in [4.69, 9.17) is 0 Å². The molecule has 1 saturated carbocycles. The van der Waals surface area contributed by atoms with Crippen molar-refractivity contribution in [1.82, 2.24) is 14.5 Å². The van der Waals surface area contributed by atoms with Crippen LogP contribution in [0.5, 0.6) is 0 Å². The minimum atomic E-state index is 0.219. The first-order valence-electron chi connectivity index (χ1n) is 6.57. The van der Waals surface area contributed by atoms with Crippen molar-refractivity contribution in [1.29, 1.82) is 0 Å². The Morgan fingerprint density at radius 2 is 1.94 bits per heavy atom. The molecule has 0 aromatic rings. The van der Waals surface area contributed by atoms with Crippen LogP contribution in [0.3, 0.4) is 0 Å². The van der Waals surface area contributed by atoms with Crippen molar-refractivity contribution < 1.29 is 4.79 Å². The van der Waals surface area contributed by atoms with Crippen LogP contribution >= 0.6 is 12.8 Å². The molecule has 98 valence electrons. The summed E-state index contributed by atoms with van der Waals surface area (Å²) in [6.45, 7) is 3.80. The largest absolute Gasteiger partial charge is 0.340 e. The van der Waals surface area contributed by atoms with E-state index in [2.05, 4.69) is 29.5 Å². The van der Waals surface area contributed by atoms with E-state index < -0.39 is 0 Å². The highest BCUT2D eigenvalue weighted by atomic mass is 32.1. The highest BCUT2D eigenvalue weighted by Crippen LogP contribution is 2.26. The van der Waals surface area contributed by atoms with Crippen LogP contribution in [-0.2, 0) is 4.79 Å². The molecule has 4 nitrogen and oxygen atoms in total. The van der Waals surface area contributed by atoms with E-state index in [-0.39, 0.29) is 5.92 Å². The summed E-state index contributed by atoms with van der Waals surface area (Å²) in [7, 11) is 2.11. The molecule has 1 aliphatic heterocycles. The Kier molecular flexibility index (Phi) is 4.70. The standard InChI is InChI=1S/C12H23N3OS/c1-14-5-7-15(8-6-14)12(16)10-3-2-4-11(9-10)13-17/h10-11,13,17H,2-9H2,1H3/t10-,11-/m1/s1. The first kappa shape index (κ1) is 13.2. The monoisotopic (exact) mass is 257 g/mol. The van der Waals surface area contributed by atoms with Gasteiger partial charge in [-0.05, 0) is 26.3 Å². The zero-order valence-corrected chi connectivity index (χ0v) is 11.5. The van der Waals surface area contributed by atoms with Crippen LogP contribution in [0.4, 0.5) is 0 Å². The van der Waals surface area contributed by atoms with Crippen LogP contribution in [0.15, 0.2) is 0 Å². The van der Waals surface area contributed by atoms with Crippen molar-refractivity contribution in [3.05, 3.63) is 0 Å². The Hall–Kier alpha value is -0.260. The van der Waals surface area contributed by atoms with Gasteiger partial charge in [-0.25, -0.2) is 0 Å². The average Bonchev–Trinajstić information content (AvgIpc) is 2.39. The lowest BCUT2D eigenvalue weighted by Gasteiger charge is -2.36. The normalized spacial score (nSPS) is 31.5. The molecule has 2 fully saturated rings. The van der Waals surface area contributed by atoms with Gasteiger partial charge >= 0.3 is 0 Å². The van der Waals surface area contributed by atoms with E-state index in [9.17, 15) is 4.79 Å². The molecule has 17 heavy (non-hydrogen) atoms. The molecule has 0 aromatic heterocycles. The quantitative estimate of drug-likeness (QED) is 0.717. The number of amides is 1. The third-order valence-electron chi connectivity index (χ3n) is 4.02. The maximum absolute atomic E-state index is 12.4. The highest BCUT2D eigenvalue weighted by molar-refractivity contribution is 7.78. The molecule has 2 atom stereocenters. The van der Waals surface area contributed by atoms with Crippen molar-refractivity contribution in [3.8, 4) is 0 Å². The van der Waals surface area contributed by atoms with Crippen molar-refractivity contribution in [3.63, 3.8) is 0 Å². The zero-order chi connectivity index (χ0) is 12.3. The van der Waals surface area contributed by atoms with Gasteiger partial charge in [0.1, 0.15) is 0 Å². The summed E-state index contributed by atoms with van der Waals surface area (Å²) in [5.41, 5.74) is 0. The van der Waals surface area contributed by atoms with Gasteiger partial charge in [-0.2, -0.15) is 0 Å². The van der Waals surface area contributed by atoms with E-state index in [0.29, 0.717) is 11.9 Å². The summed E-state index contributed by atoms with van der Waals surface area (Å²) in [5, 5.41) is 0. The van der Waals surface area contributed by atoms with Crippen LogP contribution < -0.4 is 4.72 Å². The Labute approximate surface area is 109 Å². The molecule has 2 aliphatic rings. The number of hydrogen-bond donors (Lipinski definition) is 2. The van der Waals surface area contributed by atoms with E-state index in [1.807, 2.05) is 4.90 Å². The van der Waals surface area contributed by atoms with E-state index in [0.717, 1.165) is 51.9 Å². The highest BCUT2D eigenvalue weighted by Gasteiger charge is 2.30. The maximum atomic E-state index is 12.4. The van der Waals surface area contributed by atoms with Crippen molar-refractivity contribution in [2.75, 3.05) is 33.2 Å². The molecule has 0 spiro atoms. The van der Waals surface area contributed by atoms with Crippen LogP contribution in [0.1, 0.15) is 25.7 Å². The van der Waals surface area contributed by atoms with Gasteiger partial charge in [0.05, 0.1) is 0 Å². The third kappa shape index (κ3) is 3.36. The molecular formula is C12H23N3OS. The summed E-state index contributed by atoms with van der Waals surface area (Å²) in [5.74, 6) is 0.586. The second-order valence-corrected chi connectivity index (χ2v) is 5.58. The predicted octanol–water partition coefficient (Wildman–Crippen LogP) is 0.754. The molecular weight excluding hydrogens is 234 g/mol. The molecule has 2 rings (SSSR count). The van der Waals surface area contributed by atoms with Crippen molar-refractivity contribution >= 4 is 18.7 Å². The first-order valence-corrected chi connectivity index (χ1v) is 7.02. The minimum absolute atomic E-state index is 0.219. The van der Waals surface area contributed by atoms with Gasteiger partial charge < -0.3 is 9.80 Å². The zero-order valence-electron chi connectivity index (χ0n) is 10.6. The second-order valence-electron chi connectivity index (χ2n) is 5.32. The maximum Gasteiger partial charge on any atom is 0.225 e. The van der Waals surface area contributed by atoms with Gasteiger partial charge in [-0.1, -0.05) is 19.2 Å². The van der Waals surface area contributed by atoms with Crippen LogP contribution in [0.25, 0.3) is 0 Å². The number of nitrogens with one attached hydrogen (secondary N) is 1. The fourth-order valence-electron chi connectivity index (χ4n) is 2.82. The molecule has 1 N–H and O–H groups in total. The molecule has 1 aliphatic carbocycles. The molecule has 1 saturated heterocycles. The number of rotatable bonds is 2. The lowest BCUT2D eigenvalue weighted by molar-refractivity contribution is -0.138. The number of carbonyl (C=O) groups is 1. The number of carbonyl (C=O) groups excluding carboxylic acids is 1. The van der Waals surface area contributed by atoms with E-state index >= 15 is 0 Å². The van der Waals surface area contributed by atoms with Crippen LogP contribution in [-0.4, -0.2) is 55.0 Å². The first-order chi connectivity index (χ1) is 8.20. The molecule has 0 radical (unpaired) electrons. The average molecular weight is 257 g/mol. The summed E-state index contributed by atoms with van der Waals surface area (Å²) < 4.78 is 3.01. The van der Waals surface area contributed by atoms with Gasteiger partial charge in [0.2, 0.25) is 5.91 Å². The number of hydrogen-bond acceptors (Lipinski definition) is 4. The molecule has 0 bridgehead atoms. The van der Waals surface area contributed by atoms with Gasteiger partial charge in [0.15, 0.2) is 0 Å². The fraction of sp³-hybridized carbons (Fsp3) is 0.917. The predicted molar refractivity (Wildman–Crippen MR) is 71.9 cm³/mol. The Bertz CT molecular complexity index is 266. The minimum Gasteiger partial charge on any atom is -0.340 e. The third-order valence-corrected chi connectivity index (χ3v) is 4.39. The molecule has 5 heteroatoms. The molecule has 1 heterocycles. The number of thiol groups is 1. The van der Waals surface area contributed by atoms with Crippen molar-refractivity contribution in [2.24, 2.45) is 5.92 Å². The molecule has 0 unspecified atom stereocenters. The summed E-state index contributed by atoms with van der Waals surface area (Å²) in [6.07, 6.45) is 4.30. The number of likely N-dealkylation sites (N-methyl/N-ethyl adjacent to an activating group) is 1. The van der Waals surface area contributed by atoms with Crippen molar-refractivity contribution in [2.45, 2.75) is 31.7 Å². The summed E-state index contributed by atoms with van der Waals surface area (Å²) in [4.78, 5) is 16.7. The number of nitrogens with zero attached hydrogens (tertiary/aromatic N) is 2. The lowest BCUT2D eigenvalue weighted by Crippen LogP contribution is -2.50. The van der Waals surface area contributed by atoms with E-state index in [1.165, 1.54) is 0 Å². The smallest absolute Gasteiger partial charge is 0.225 e. The topological polar surface area (TPSA) is 35.6 Å². The van der Waals surface area contributed by atoms with Crippen LogP contribution in [0, 0.1) is 5.92 Å². The van der Waals surface area contributed by atoms with Crippen LogP contribution in [0.2, 0.25) is 0 Å². The molecule has 0 aromatic carbocycles. The van der Waals surface area contributed by atoms with Gasteiger partial charge in [-0.15, -0.1) is 0 Å². The summed E-state index contributed by atoms with van der Waals surface area (Å²) in [6, 6.07) is 0.411. The van der Waals surface area contributed by atoms with E-state index in [1.54, 1.807) is 0 Å². The Balaban J connectivity index is 1.86. The van der Waals surface area contributed by atoms with Gasteiger partial charge in [0.25, 0.3) is 0 Å². The Morgan fingerprint density at radius 1 is 1.24 bits per heavy atom. The SMILES string of the molecule is CN1CCN(C(=O)[C@@H]2CCC[C@@H](NS)C2)CC1. The summed E-state index contributed by atoms with van der Waals surface area (Å²) >= 11 is 4.13. The lowest BCUT2D eigenvalue weighted by atomic mass is 9.85.